The lowest BCUT2D eigenvalue weighted by Crippen LogP contribution is -2.48. The van der Waals surface area contributed by atoms with E-state index < -0.39 is 11.5 Å². The number of aryl methyl sites for hydroxylation is 2. The molecule has 3 N–H and O–H groups in total. The van der Waals surface area contributed by atoms with E-state index in [2.05, 4.69) is 5.32 Å². The molecule has 0 aliphatic rings. The van der Waals surface area contributed by atoms with Gasteiger partial charge in [-0.3, -0.25) is 5.32 Å². The topological polar surface area (TPSA) is 69.6 Å². The van der Waals surface area contributed by atoms with Crippen LogP contribution in [0.5, 0.6) is 0 Å². The second-order valence-corrected chi connectivity index (χ2v) is 4.40. The molecule has 1 rings (SSSR count). The Hall–Kier alpha value is -1.39. The molecule has 0 amide bonds. The lowest BCUT2D eigenvalue weighted by atomic mass is 9.87. The van der Waals surface area contributed by atoms with Gasteiger partial charge in [0, 0.05) is 6.54 Å². The number of carbonyl (C=O) groups is 1. The Balaban J connectivity index is 3.21. The van der Waals surface area contributed by atoms with Crippen molar-refractivity contribution < 1.29 is 15.0 Å². The van der Waals surface area contributed by atoms with Gasteiger partial charge in [-0.1, -0.05) is 23.8 Å². The van der Waals surface area contributed by atoms with Crippen LogP contribution in [-0.2, 0) is 10.3 Å². The van der Waals surface area contributed by atoms with Crippen molar-refractivity contribution in [2.75, 3.05) is 13.2 Å². The smallest absolute Gasteiger partial charge is 0.328 e. The van der Waals surface area contributed by atoms with Gasteiger partial charge < -0.3 is 10.2 Å². The summed E-state index contributed by atoms with van der Waals surface area (Å²) >= 11 is 0. The zero-order chi connectivity index (χ0) is 13.1. The Kier molecular flexibility index (Phi) is 4.26. The van der Waals surface area contributed by atoms with Crippen LogP contribution in [0.4, 0.5) is 0 Å². The average molecular weight is 237 g/mol. The van der Waals surface area contributed by atoms with Gasteiger partial charge in [-0.2, -0.15) is 0 Å². The number of carboxylic acids is 1. The minimum Gasteiger partial charge on any atom is -0.480 e. The number of nitrogens with one attached hydrogen (secondary N) is 1. The van der Waals surface area contributed by atoms with E-state index in [1.165, 1.54) is 0 Å². The van der Waals surface area contributed by atoms with Crippen molar-refractivity contribution in [2.24, 2.45) is 0 Å². The Morgan fingerprint density at radius 3 is 2.59 bits per heavy atom. The van der Waals surface area contributed by atoms with Gasteiger partial charge in [0.1, 0.15) is 5.54 Å². The molecule has 0 radical (unpaired) electrons. The number of benzene rings is 1. The van der Waals surface area contributed by atoms with E-state index in [0.29, 0.717) is 0 Å². The molecule has 17 heavy (non-hydrogen) atoms. The van der Waals surface area contributed by atoms with Gasteiger partial charge in [-0.05, 0) is 31.9 Å². The molecule has 1 unspecified atom stereocenters. The third kappa shape index (κ3) is 2.84. The van der Waals surface area contributed by atoms with Crippen molar-refractivity contribution in [2.45, 2.75) is 26.3 Å². The fraction of sp³-hybridized carbons (Fsp3) is 0.462. The van der Waals surface area contributed by atoms with E-state index >= 15 is 0 Å². The van der Waals surface area contributed by atoms with E-state index in [9.17, 15) is 9.90 Å². The number of rotatable bonds is 5. The summed E-state index contributed by atoms with van der Waals surface area (Å²) in [5.74, 6) is -0.945. The highest BCUT2D eigenvalue weighted by molar-refractivity contribution is 5.81. The summed E-state index contributed by atoms with van der Waals surface area (Å²) in [5.41, 5.74) is 1.51. The lowest BCUT2D eigenvalue weighted by Gasteiger charge is -2.28. The molecule has 0 aliphatic heterocycles. The van der Waals surface area contributed by atoms with Gasteiger partial charge in [0.25, 0.3) is 0 Å². The third-order valence-electron chi connectivity index (χ3n) is 2.95. The Bertz CT molecular complexity index is 417. The van der Waals surface area contributed by atoms with Gasteiger partial charge in [-0.25, -0.2) is 4.79 Å². The van der Waals surface area contributed by atoms with E-state index in [1.54, 1.807) is 6.92 Å². The molecule has 1 aromatic carbocycles. The molecule has 0 spiro atoms. The largest absolute Gasteiger partial charge is 0.480 e. The first kappa shape index (κ1) is 13.7. The summed E-state index contributed by atoms with van der Waals surface area (Å²) in [6, 6.07) is 5.73. The molecule has 0 aliphatic carbocycles. The van der Waals surface area contributed by atoms with Gasteiger partial charge in [0.15, 0.2) is 0 Å². The number of hydrogen-bond acceptors (Lipinski definition) is 3. The maximum atomic E-state index is 11.4. The van der Waals surface area contributed by atoms with Crippen LogP contribution in [0, 0.1) is 13.8 Å². The van der Waals surface area contributed by atoms with E-state index in [1.807, 2.05) is 32.0 Å². The summed E-state index contributed by atoms with van der Waals surface area (Å²) in [6.45, 7) is 5.59. The zero-order valence-corrected chi connectivity index (χ0v) is 10.4. The second kappa shape index (κ2) is 5.29. The van der Waals surface area contributed by atoms with Crippen molar-refractivity contribution in [1.82, 2.24) is 5.32 Å². The molecule has 0 saturated carbocycles. The van der Waals surface area contributed by atoms with Crippen LogP contribution in [0.2, 0.25) is 0 Å². The second-order valence-electron chi connectivity index (χ2n) is 4.40. The Morgan fingerprint density at radius 2 is 2.06 bits per heavy atom. The van der Waals surface area contributed by atoms with E-state index in [-0.39, 0.29) is 13.2 Å². The fourth-order valence-corrected chi connectivity index (χ4v) is 1.87. The van der Waals surface area contributed by atoms with E-state index in [0.717, 1.165) is 16.7 Å². The summed E-state index contributed by atoms with van der Waals surface area (Å²) < 4.78 is 0. The molecule has 1 atom stereocenters. The highest BCUT2D eigenvalue weighted by atomic mass is 16.4. The molecular weight excluding hydrogens is 218 g/mol. The maximum Gasteiger partial charge on any atom is 0.328 e. The van der Waals surface area contributed by atoms with Crippen LogP contribution in [0.25, 0.3) is 0 Å². The molecule has 4 nitrogen and oxygen atoms in total. The Morgan fingerprint density at radius 1 is 1.41 bits per heavy atom. The van der Waals surface area contributed by atoms with Crippen LogP contribution < -0.4 is 5.32 Å². The van der Waals surface area contributed by atoms with Crippen molar-refractivity contribution in [3.63, 3.8) is 0 Å². The first-order chi connectivity index (χ1) is 7.91. The SMILES string of the molecule is Cc1ccc(C)c(C(C)(NCCO)C(=O)O)c1. The Labute approximate surface area is 101 Å². The van der Waals surface area contributed by atoms with E-state index in [4.69, 9.17) is 5.11 Å². The van der Waals surface area contributed by atoms with Crippen LogP contribution in [-0.4, -0.2) is 29.3 Å². The standard InChI is InChI=1S/C13H19NO3/c1-9-4-5-10(2)11(8-9)13(3,12(16)17)14-6-7-15/h4-5,8,14-15H,6-7H2,1-3H3,(H,16,17). The minimum absolute atomic E-state index is 0.0896. The minimum atomic E-state index is -1.17. The lowest BCUT2D eigenvalue weighted by molar-refractivity contribution is -0.144. The first-order valence-corrected chi connectivity index (χ1v) is 5.59. The molecule has 4 heteroatoms. The summed E-state index contributed by atoms with van der Waals surface area (Å²) in [7, 11) is 0. The van der Waals surface area contributed by atoms with Crippen LogP contribution in [0.1, 0.15) is 23.6 Å². The van der Waals surface area contributed by atoms with Crippen molar-refractivity contribution >= 4 is 5.97 Å². The molecule has 0 aromatic heterocycles. The van der Waals surface area contributed by atoms with Crippen LogP contribution >= 0.6 is 0 Å². The fourth-order valence-electron chi connectivity index (χ4n) is 1.87. The average Bonchev–Trinajstić information content (AvgIpc) is 2.29. The number of carboxylic acid groups (broad SMARTS) is 1. The van der Waals surface area contributed by atoms with Gasteiger partial charge in [0.05, 0.1) is 6.61 Å². The molecule has 0 heterocycles. The predicted molar refractivity (Wildman–Crippen MR) is 66.0 cm³/mol. The third-order valence-corrected chi connectivity index (χ3v) is 2.95. The van der Waals surface area contributed by atoms with Gasteiger partial charge in [-0.15, -0.1) is 0 Å². The summed E-state index contributed by atoms with van der Waals surface area (Å²) in [5, 5.41) is 21.1. The van der Waals surface area contributed by atoms with Crippen molar-refractivity contribution in [3.05, 3.63) is 34.9 Å². The molecule has 1 aromatic rings. The van der Waals surface area contributed by atoms with Crippen LogP contribution in [0.15, 0.2) is 18.2 Å². The summed E-state index contributed by atoms with van der Waals surface area (Å²) in [6.07, 6.45) is 0. The van der Waals surface area contributed by atoms with Gasteiger partial charge in [0.2, 0.25) is 0 Å². The molecule has 0 saturated heterocycles. The van der Waals surface area contributed by atoms with Crippen molar-refractivity contribution in [1.29, 1.82) is 0 Å². The highest BCUT2D eigenvalue weighted by Crippen LogP contribution is 2.25. The quantitative estimate of drug-likeness (QED) is 0.719. The molecule has 94 valence electrons. The predicted octanol–water partition coefficient (Wildman–Crippen LogP) is 1.19. The molecular formula is C13H19NO3. The number of aliphatic hydroxyl groups excluding tert-OH is 1. The van der Waals surface area contributed by atoms with Crippen LogP contribution in [0.3, 0.4) is 0 Å². The highest BCUT2D eigenvalue weighted by Gasteiger charge is 2.35. The van der Waals surface area contributed by atoms with Gasteiger partial charge >= 0.3 is 5.97 Å². The monoisotopic (exact) mass is 237 g/mol. The molecule has 0 bridgehead atoms. The zero-order valence-electron chi connectivity index (χ0n) is 10.4. The normalized spacial score (nSPS) is 14.4. The first-order valence-electron chi connectivity index (χ1n) is 5.59. The summed E-state index contributed by atoms with van der Waals surface area (Å²) in [4.78, 5) is 11.4. The maximum absolute atomic E-state index is 11.4. The number of aliphatic carboxylic acids is 1. The number of aliphatic hydroxyl groups is 1. The number of hydrogen-bond donors (Lipinski definition) is 3. The molecule has 0 fully saturated rings. The van der Waals surface area contributed by atoms with Crippen molar-refractivity contribution in [3.8, 4) is 0 Å².